The lowest BCUT2D eigenvalue weighted by Gasteiger charge is -2.03. The molecule has 0 atom stereocenters. The maximum Gasteiger partial charge on any atom is 0.251 e. The lowest BCUT2D eigenvalue weighted by atomic mass is 10.2. The zero-order valence-electron chi connectivity index (χ0n) is 11.0. The molecule has 0 radical (unpaired) electrons. The fourth-order valence-corrected chi connectivity index (χ4v) is 2.28. The molecular weight excluding hydrogens is 339 g/mol. The molecule has 1 aromatic heterocycles. The largest absolute Gasteiger partial charge is 0.496 e. The monoisotopic (exact) mass is 348 g/mol. The molecule has 0 amide bonds. The van der Waals surface area contributed by atoms with E-state index in [0.29, 0.717) is 33.1 Å². The average molecular weight is 349 g/mol. The van der Waals surface area contributed by atoms with Crippen LogP contribution in [-0.4, -0.2) is 17.3 Å². The maximum absolute atomic E-state index is 13.3. The van der Waals surface area contributed by atoms with Crippen molar-refractivity contribution in [1.29, 1.82) is 0 Å². The van der Waals surface area contributed by atoms with Gasteiger partial charge in [-0.25, -0.2) is 4.39 Å². The zero-order chi connectivity index (χ0) is 14.8. The molecule has 0 N–H and O–H groups in total. The quantitative estimate of drug-likeness (QED) is 0.707. The summed E-state index contributed by atoms with van der Waals surface area (Å²) in [6, 6.07) is 11.9. The van der Waals surface area contributed by atoms with Gasteiger partial charge < -0.3 is 9.15 Å². The molecule has 1 heterocycles. The van der Waals surface area contributed by atoms with Gasteiger partial charge in [0.2, 0.25) is 5.89 Å². The van der Waals surface area contributed by atoms with Crippen molar-refractivity contribution in [3.8, 4) is 28.7 Å². The van der Waals surface area contributed by atoms with Gasteiger partial charge in [0, 0.05) is 5.56 Å². The lowest BCUT2D eigenvalue weighted by Crippen LogP contribution is -1.87. The van der Waals surface area contributed by atoms with E-state index < -0.39 is 0 Å². The third-order valence-corrected chi connectivity index (χ3v) is 3.54. The van der Waals surface area contributed by atoms with Crippen LogP contribution in [0, 0.1) is 5.82 Å². The van der Waals surface area contributed by atoms with Crippen molar-refractivity contribution in [2.45, 2.75) is 0 Å². The highest BCUT2D eigenvalue weighted by Crippen LogP contribution is 2.31. The molecule has 3 rings (SSSR count). The predicted molar refractivity (Wildman–Crippen MR) is 79.4 cm³/mol. The smallest absolute Gasteiger partial charge is 0.251 e. The minimum absolute atomic E-state index is 0.316. The summed E-state index contributed by atoms with van der Waals surface area (Å²) in [6.07, 6.45) is 0. The molecule has 0 aliphatic heterocycles. The van der Waals surface area contributed by atoms with Crippen molar-refractivity contribution in [1.82, 2.24) is 10.2 Å². The number of nitrogens with zero attached hydrogens (tertiary/aromatic N) is 2. The molecule has 0 aliphatic carbocycles. The van der Waals surface area contributed by atoms with Crippen molar-refractivity contribution in [3.63, 3.8) is 0 Å². The number of hydrogen-bond donors (Lipinski definition) is 0. The standard InChI is InChI=1S/C15H10BrFN2O2/c1-20-13-5-3-2-4-10(13)15-19-18-14(21-15)9-6-7-12(17)11(16)8-9/h2-8H,1H3. The number of aromatic nitrogens is 2. The Morgan fingerprint density at radius 1 is 1.10 bits per heavy atom. The van der Waals surface area contributed by atoms with Gasteiger partial charge in [0.1, 0.15) is 11.6 Å². The van der Waals surface area contributed by atoms with E-state index in [2.05, 4.69) is 26.1 Å². The van der Waals surface area contributed by atoms with E-state index >= 15 is 0 Å². The highest BCUT2D eigenvalue weighted by molar-refractivity contribution is 9.10. The fourth-order valence-electron chi connectivity index (χ4n) is 1.90. The van der Waals surface area contributed by atoms with Gasteiger partial charge in [-0.15, -0.1) is 10.2 Å². The van der Waals surface area contributed by atoms with E-state index in [1.54, 1.807) is 19.2 Å². The van der Waals surface area contributed by atoms with E-state index in [4.69, 9.17) is 9.15 Å². The number of hydrogen-bond acceptors (Lipinski definition) is 4. The molecule has 6 heteroatoms. The molecule has 3 aromatic rings. The van der Waals surface area contributed by atoms with Crippen LogP contribution in [0.25, 0.3) is 22.9 Å². The van der Waals surface area contributed by atoms with Crippen molar-refractivity contribution >= 4 is 15.9 Å². The second-order valence-electron chi connectivity index (χ2n) is 4.24. The van der Waals surface area contributed by atoms with Gasteiger partial charge in [-0.05, 0) is 46.3 Å². The molecule has 0 bridgehead atoms. The van der Waals surface area contributed by atoms with E-state index in [9.17, 15) is 4.39 Å². The molecular formula is C15H10BrFN2O2. The molecule has 2 aromatic carbocycles. The number of rotatable bonds is 3. The van der Waals surface area contributed by atoms with Crippen LogP contribution in [0.5, 0.6) is 5.75 Å². The van der Waals surface area contributed by atoms with Crippen LogP contribution < -0.4 is 4.74 Å². The van der Waals surface area contributed by atoms with Crippen molar-refractivity contribution < 1.29 is 13.5 Å². The SMILES string of the molecule is COc1ccccc1-c1nnc(-c2ccc(F)c(Br)c2)o1. The summed E-state index contributed by atoms with van der Waals surface area (Å²) in [5.41, 5.74) is 1.34. The van der Waals surface area contributed by atoms with E-state index in [1.807, 2.05) is 24.3 Å². The first-order chi connectivity index (χ1) is 10.2. The molecule has 0 fully saturated rings. The van der Waals surface area contributed by atoms with Gasteiger partial charge in [-0.2, -0.15) is 0 Å². The van der Waals surface area contributed by atoms with Crippen LogP contribution in [0.4, 0.5) is 4.39 Å². The van der Waals surface area contributed by atoms with Crippen LogP contribution in [0.1, 0.15) is 0 Å². The molecule has 0 saturated heterocycles. The molecule has 0 spiro atoms. The van der Waals surface area contributed by atoms with Gasteiger partial charge in [0.25, 0.3) is 5.89 Å². The van der Waals surface area contributed by atoms with Gasteiger partial charge in [0.05, 0.1) is 17.1 Å². The van der Waals surface area contributed by atoms with Crippen LogP contribution >= 0.6 is 15.9 Å². The van der Waals surface area contributed by atoms with Gasteiger partial charge in [-0.1, -0.05) is 12.1 Å². The molecule has 106 valence electrons. The van der Waals surface area contributed by atoms with E-state index in [0.717, 1.165) is 0 Å². The van der Waals surface area contributed by atoms with Crippen LogP contribution in [-0.2, 0) is 0 Å². The summed E-state index contributed by atoms with van der Waals surface area (Å²) < 4.78 is 24.5. The third-order valence-electron chi connectivity index (χ3n) is 2.93. The second kappa shape index (κ2) is 5.65. The van der Waals surface area contributed by atoms with Crippen LogP contribution in [0.15, 0.2) is 51.4 Å². The first kappa shape index (κ1) is 13.8. The van der Waals surface area contributed by atoms with Gasteiger partial charge >= 0.3 is 0 Å². The third kappa shape index (κ3) is 2.67. The summed E-state index contributed by atoms with van der Waals surface area (Å²) in [6.45, 7) is 0. The number of halogens is 2. The summed E-state index contributed by atoms with van der Waals surface area (Å²) in [5.74, 6) is 0.968. The Hall–Kier alpha value is -2.21. The van der Waals surface area contributed by atoms with Crippen LogP contribution in [0.2, 0.25) is 0 Å². The predicted octanol–water partition coefficient (Wildman–Crippen LogP) is 4.31. The maximum atomic E-state index is 13.3. The Kier molecular flexibility index (Phi) is 3.70. The molecule has 21 heavy (non-hydrogen) atoms. The molecule has 0 aliphatic rings. The van der Waals surface area contributed by atoms with E-state index in [-0.39, 0.29) is 5.82 Å². The van der Waals surface area contributed by atoms with Gasteiger partial charge in [0.15, 0.2) is 0 Å². The second-order valence-corrected chi connectivity index (χ2v) is 5.10. The Morgan fingerprint density at radius 3 is 2.62 bits per heavy atom. The Morgan fingerprint density at radius 2 is 1.86 bits per heavy atom. The van der Waals surface area contributed by atoms with Crippen LogP contribution in [0.3, 0.4) is 0 Å². The first-order valence-electron chi connectivity index (χ1n) is 6.11. The number of ether oxygens (including phenoxy) is 1. The molecule has 4 nitrogen and oxygen atoms in total. The minimum atomic E-state index is -0.344. The van der Waals surface area contributed by atoms with Gasteiger partial charge in [-0.3, -0.25) is 0 Å². The highest BCUT2D eigenvalue weighted by atomic mass is 79.9. The average Bonchev–Trinajstić information content (AvgIpc) is 2.99. The zero-order valence-corrected chi connectivity index (χ0v) is 12.6. The Bertz CT molecular complexity index is 789. The Labute approximate surface area is 128 Å². The number of benzene rings is 2. The fraction of sp³-hybridized carbons (Fsp3) is 0.0667. The summed E-state index contributed by atoms with van der Waals surface area (Å²) in [4.78, 5) is 0. The number of methoxy groups -OCH3 is 1. The van der Waals surface area contributed by atoms with E-state index in [1.165, 1.54) is 6.07 Å². The first-order valence-corrected chi connectivity index (χ1v) is 6.90. The normalized spacial score (nSPS) is 10.6. The minimum Gasteiger partial charge on any atom is -0.496 e. The Balaban J connectivity index is 2.01. The van der Waals surface area contributed by atoms with Crippen molar-refractivity contribution in [3.05, 3.63) is 52.8 Å². The number of para-hydroxylation sites is 1. The molecule has 0 saturated carbocycles. The summed E-state index contributed by atoms with van der Waals surface area (Å²) in [7, 11) is 1.58. The van der Waals surface area contributed by atoms with Crippen molar-refractivity contribution in [2.24, 2.45) is 0 Å². The molecule has 0 unspecified atom stereocenters. The van der Waals surface area contributed by atoms with Crippen molar-refractivity contribution in [2.75, 3.05) is 7.11 Å². The highest BCUT2D eigenvalue weighted by Gasteiger charge is 2.14. The summed E-state index contributed by atoms with van der Waals surface area (Å²) in [5, 5.41) is 8.01. The topological polar surface area (TPSA) is 48.2 Å². The lowest BCUT2D eigenvalue weighted by molar-refractivity contribution is 0.414. The summed E-state index contributed by atoms with van der Waals surface area (Å²) >= 11 is 3.13.